The fourth-order valence-electron chi connectivity index (χ4n) is 3.03. The number of hydrogen-bond donors (Lipinski definition) is 0. The molecule has 7 nitrogen and oxygen atoms in total. The summed E-state index contributed by atoms with van der Waals surface area (Å²) in [6.07, 6.45) is 4.04. The van der Waals surface area contributed by atoms with Crippen LogP contribution < -0.4 is 15.3 Å². The molecule has 0 N–H and O–H groups in total. The second-order valence-corrected chi connectivity index (χ2v) is 10.7. The third-order valence-corrected chi connectivity index (χ3v) is 8.46. The van der Waals surface area contributed by atoms with Crippen LogP contribution in [0.3, 0.4) is 0 Å². The molecule has 0 saturated carbocycles. The Balaban J connectivity index is 3.60. The summed E-state index contributed by atoms with van der Waals surface area (Å²) in [6.45, 7) is 12.1. The molecule has 9 heteroatoms. The number of hydrogen-bond acceptors (Lipinski definition) is 7. The largest absolute Gasteiger partial charge is 0.492 e. The minimum absolute atomic E-state index is 0.199. The fraction of sp³-hybridized carbons (Fsp3) is 0.714. The molecule has 30 heavy (non-hydrogen) atoms. The normalized spacial score (nSPS) is 12.3. The van der Waals surface area contributed by atoms with Crippen molar-refractivity contribution in [1.29, 1.82) is 0 Å². The van der Waals surface area contributed by atoms with E-state index in [1.165, 1.54) is 0 Å². The van der Waals surface area contributed by atoms with Crippen LogP contribution >= 0.6 is 15.2 Å². The van der Waals surface area contributed by atoms with Crippen LogP contribution in [0.15, 0.2) is 12.1 Å². The molecule has 0 saturated heterocycles. The van der Waals surface area contributed by atoms with Gasteiger partial charge in [0.15, 0.2) is 0 Å². The fourth-order valence-corrected chi connectivity index (χ4v) is 6.77. The third kappa shape index (κ3) is 7.47. The lowest BCUT2D eigenvalue weighted by atomic mass is 10.2. The predicted molar refractivity (Wildman–Crippen MR) is 122 cm³/mol. The highest BCUT2D eigenvalue weighted by Crippen LogP contribution is 2.54. The van der Waals surface area contributed by atoms with Crippen molar-refractivity contribution < 1.29 is 32.0 Å². The number of aryl methyl sites for hydroxylation is 1. The molecule has 0 radical (unpaired) electrons. The van der Waals surface area contributed by atoms with E-state index in [9.17, 15) is 9.13 Å². The van der Waals surface area contributed by atoms with Crippen molar-refractivity contribution in [3.63, 3.8) is 0 Å². The molecule has 0 amide bonds. The molecule has 1 aromatic rings. The average Bonchev–Trinajstić information content (AvgIpc) is 2.69. The van der Waals surface area contributed by atoms with Crippen LogP contribution in [0.25, 0.3) is 0 Å². The molecule has 0 fully saturated rings. The van der Waals surface area contributed by atoms with Crippen molar-refractivity contribution in [3.8, 4) is 5.75 Å². The Bertz CT molecular complexity index is 665. The monoisotopic (exact) mass is 464 g/mol. The molecule has 0 spiro atoms. The number of unbranched alkanes of at least 4 members (excludes halogenated alkanes) is 3. The van der Waals surface area contributed by atoms with Crippen molar-refractivity contribution in [3.05, 3.63) is 17.7 Å². The highest BCUT2D eigenvalue weighted by atomic mass is 31.2. The van der Waals surface area contributed by atoms with Gasteiger partial charge < -0.3 is 22.8 Å². The van der Waals surface area contributed by atoms with Crippen molar-refractivity contribution in [1.82, 2.24) is 0 Å². The Hall–Kier alpha value is -0.680. The van der Waals surface area contributed by atoms with E-state index in [1.807, 2.05) is 6.92 Å². The van der Waals surface area contributed by atoms with Gasteiger partial charge in [-0.05, 0) is 58.7 Å². The van der Waals surface area contributed by atoms with Crippen LogP contribution in [0.4, 0.5) is 0 Å². The van der Waals surface area contributed by atoms with Crippen molar-refractivity contribution >= 4 is 25.8 Å². The maximum Gasteiger partial charge on any atom is 0.365 e. The molecular weight excluding hydrogens is 426 g/mol. The highest BCUT2D eigenvalue weighted by molar-refractivity contribution is 7.64. The molecule has 1 rings (SSSR count). The van der Waals surface area contributed by atoms with E-state index < -0.39 is 15.2 Å². The first-order chi connectivity index (χ1) is 14.3. The number of benzene rings is 1. The average molecular weight is 464 g/mol. The Labute approximate surface area is 181 Å². The Kier molecular flexibility index (Phi) is 12.5. The maximum absolute atomic E-state index is 13.6. The van der Waals surface area contributed by atoms with Gasteiger partial charge in [-0.1, -0.05) is 26.2 Å². The maximum atomic E-state index is 13.6. The third-order valence-electron chi connectivity index (χ3n) is 4.22. The van der Waals surface area contributed by atoms with E-state index in [-0.39, 0.29) is 42.8 Å². The van der Waals surface area contributed by atoms with Crippen LogP contribution in [0.5, 0.6) is 5.75 Å². The quantitative estimate of drug-likeness (QED) is 0.228. The van der Waals surface area contributed by atoms with E-state index in [2.05, 4.69) is 6.92 Å². The molecule has 0 aliphatic heterocycles. The zero-order valence-electron chi connectivity index (χ0n) is 19.3. The summed E-state index contributed by atoms with van der Waals surface area (Å²) in [5, 5.41) is 0.521. The van der Waals surface area contributed by atoms with E-state index in [1.54, 1.807) is 39.8 Å². The lowest BCUT2D eigenvalue weighted by Gasteiger charge is -2.25. The zero-order chi connectivity index (χ0) is 22.6. The Morgan fingerprint density at radius 2 is 1.13 bits per heavy atom. The predicted octanol–water partition coefficient (Wildman–Crippen LogP) is 5.74. The van der Waals surface area contributed by atoms with Gasteiger partial charge in [-0.25, -0.2) is 0 Å². The van der Waals surface area contributed by atoms with Gasteiger partial charge in [0.2, 0.25) is 0 Å². The summed E-state index contributed by atoms with van der Waals surface area (Å²) >= 11 is 0. The summed E-state index contributed by atoms with van der Waals surface area (Å²) in [5.41, 5.74) is 0.734. The van der Waals surface area contributed by atoms with Crippen molar-refractivity contribution in [2.75, 3.05) is 33.0 Å². The van der Waals surface area contributed by atoms with Crippen LogP contribution in [-0.2, 0) is 27.2 Å². The summed E-state index contributed by atoms with van der Waals surface area (Å²) < 4.78 is 55.6. The molecule has 174 valence electrons. The number of ether oxygens (including phenoxy) is 1. The minimum Gasteiger partial charge on any atom is -0.492 e. The zero-order valence-corrected chi connectivity index (χ0v) is 21.1. The lowest BCUT2D eigenvalue weighted by Crippen LogP contribution is -2.25. The lowest BCUT2D eigenvalue weighted by molar-refractivity contribution is 0.227. The first-order valence-corrected chi connectivity index (χ1v) is 14.0. The van der Waals surface area contributed by atoms with Crippen molar-refractivity contribution in [2.24, 2.45) is 0 Å². The van der Waals surface area contributed by atoms with Crippen LogP contribution in [0.1, 0.15) is 65.9 Å². The second kappa shape index (κ2) is 13.7. The minimum atomic E-state index is -3.69. The molecule has 0 heterocycles. The summed E-state index contributed by atoms with van der Waals surface area (Å²) in [7, 11) is -7.38. The van der Waals surface area contributed by atoms with Gasteiger partial charge in [0.1, 0.15) is 16.4 Å². The second-order valence-electron chi connectivity index (χ2n) is 6.71. The van der Waals surface area contributed by atoms with E-state index >= 15 is 0 Å². The Morgan fingerprint density at radius 1 is 0.700 bits per heavy atom. The molecule has 0 unspecified atom stereocenters. The van der Waals surface area contributed by atoms with Gasteiger partial charge in [-0.15, -0.1) is 0 Å². The standard InChI is InChI=1S/C21H38O7P2/c1-7-12-13-14-15-24-21-19(29(22,25-8-2)26-9-3)16-18(6)17-20(21)30(23,27-10-4)28-11-5/h16-17H,7-15H2,1-6H3. The van der Waals surface area contributed by atoms with Crippen molar-refractivity contribution in [2.45, 2.75) is 67.2 Å². The van der Waals surface area contributed by atoms with E-state index in [0.717, 1.165) is 31.2 Å². The summed E-state index contributed by atoms with van der Waals surface area (Å²) in [4.78, 5) is 0. The first kappa shape index (κ1) is 27.4. The first-order valence-electron chi connectivity index (χ1n) is 10.9. The summed E-state index contributed by atoms with van der Waals surface area (Å²) in [5.74, 6) is 0.215. The molecule has 0 aromatic heterocycles. The van der Waals surface area contributed by atoms with Gasteiger partial charge in [-0.3, -0.25) is 9.13 Å². The molecule has 0 aliphatic rings. The van der Waals surface area contributed by atoms with E-state index in [4.69, 9.17) is 22.8 Å². The molecule has 0 aliphatic carbocycles. The molecule has 0 bridgehead atoms. The van der Waals surface area contributed by atoms with Gasteiger partial charge >= 0.3 is 15.2 Å². The Morgan fingerprint density at radius 3 is 1.50 bits per heavy atom. The topological polar surface area (TPSA) is 80.3 Å². The SMILES string of the molecule is CCCCCCOc1c(P(=O)(OCC)OCC)cc(C)cc1P(=O)(OCC)OCC. The van der Waals surface area contributed by atoms with Gasteiger partial charge in [-0.2, -0.15) is 0 Å². The van der Waals surface area contributed by atoms with Crippen LogP contribution in [0.2, 0.25) is 0 Å². The van der Waals surface area contributed by atoms with Gasteiger partial charge in [0.05, 0.1) is 33.0 Å². The van der Waals surface area contributed by atoms with Gasteiger partial charge in [0.25, 0.3) is 0 Å². The molecular formula is C21H38O7P2. The molecule has 1 aromatic carbocycles. The smallest absolute Gasteiger partial charge is 0.365 e. The van der Waals surface area contributed by atoms with E-state index in [0.29, 0.717) is 6.61 Å². The summed E-state index contributed by atoms with van der Waals surface area (Å²) in [6, 6.07) is 3.42. The molecule has 0 atom stereocenters. The van der Waals surface area contributed by atoms with Gasteiger partial charge in [0, 0.05) is 0 Å². The van der Waals surface area contributed by atoms with Crippen LogP contribution in [0, 0.1) is 6.92 Å². The number of rotatable bonds is 16. The highest BCUT2D eigenvalue weighted by Gasteiger charge is 2.38. The van der Waals surface area contributed by atoms with Crippen LogP contribution in [-0.4, -0.2) is 33.0 Å².